The molecule has 154 valence electrons. The minimum atomic E-state index is -0.944. The summed E-state index contributed by atoms with van der Waals surface area (Å²) in [5, 5.41) is 5.78. The van der Waals surface area contributed by atoms with Crippen molar-refractivity contribution in [2.45, 2.75) is 39.3 Å². The molecule has 0 aliphatic rings. The van der Waals surface area contributed by atoms with Crippen LogP contribution >= 0.6 is 11.6 Å². The number of benzene rings is 1. The first-order chi connectivity index (χ1) is 13.1. The van der Waals surface area contributed by atoms with E-state index in [9.17, 15) is 14.4 Å². The minimum Gasteiger partial charge on any atom is -0.495 e. The number of rotatable bonds is 9. The molecule has 0 aliphatic carbocycles. The lowest BCUT2D eigenvalue weighted by Gasteiger charge is -2.31. The lowest BCUT2D eigenvalue weighted by Crippen LogP contribution is -2.54. The van der Waals surface area contributed by atoms with Crippen LogP contribution in [0.4, 0.5) is 0 Å². The van der Waals surface area contributed by atoms with Crippen LogP contribution in [0, 0.1) is 5.41 Å². The summed E-state index contributed by atoms with van der Waals surface area (Å²) in [5.74, 6) is -0.866. The molecule has 8 heteroatoms. The van der Waals surface area contributed by atoms with E-state index >= 15 is 0 Å². The Labute approximate surface area is 170 Å². The van der Waals surface area contributed by atoms with Crippen LogP contribution in [0.25, 0.3) is 0 Å². The number of hydrogen-bond acceptors (Lipinski definition) is 5. The van der Waals surface area contributed by atoms with Crippen LogP contribution in [0.1, 0.15) is 26.3 Å². The highest BCUT2D eigenvalue weighted by Gasteiger charge is 2.37. The first-order valence-corrected chi connectivity index (χ1v) is 9.08. The Morgan fingerprint density at radius 2 is 1.89 bits per heavy atom. The molecule has 1 aromatic rings. The molecule has 0 radical (unpaired) electrons. The van der Waals surface area contributed by atoms with Crippen molar-refractivity contribution in [3.63, 3.8) is 0 Å². The Morgan fingerprint density at radius 1 is 1.25 bits per heavy atom. The second-order valence-corrected chi connectivity index (χ2v) is 7.29. The van der Waals surface area contributed by atoms with Gasteiger partial charge in [0, 0.05) is 12.5 Å². The molecule has 0 bridgehead atoms. The van der Waals surface area contributed by atoms with Gasteiger partial charge in [0.2, 0.25) is 11.8 Å². The molecule has 7 nitrogen and oxygen atoms in total. The largest absolute Gasteiger partial charge is 0.495 e. The van der Waals surface area contributed by atoms with Gasteiger partial charge in [0.25, 0.3) is 0 Å². The number of methoxy groups -OCH3 is 2. The van der Waals surface area contributed by atoms with Crippen LogP contribution in [0.3, 0.4) is 0 Å². The highest BCUT2D eigenvalue weighted by Crippen LogP contribution is 2.26. The van der Waals surface area contributed by atoms with Crippen LogP contribution in [0.5, 0.6) is 5.75 Å². The smallest absolute Gasteiger partial charge is 0.313 e. The molecule has 0 fully saturated rings. The van der Waals surface area contributed by atoms with Gasteiger partial charge in [-0.2, -0.15) is 0 Å². The van der Waals surface area contributed by atoms with Crippen molar-refractivity contribution in [1.82, 2.24) is 10.6 Å². The first-order valence-electron chi connectivity index (χ1n) is 8.70. The van der Waals surface area contributed by atoms with Gasteiger partial charge >= 0.3 is 5.97 Å². The van der Waals surface area contributed by atoms with E-state index in [2.05, 4.69) is 17.2 Å². The summed E-state index contributed by atoms with van der Waals surface area (Å²) >= 11 is 6.14. The van der Waals surface area contributed by atoms with Gasteiger partial charge in [0.15, 0.2) is 0 Å². The molecule has 0 saturated heterocycles. The van der Waals surface area contributed by atoms with E-state index in [1.807, 2.05) is 0 Å². The Kier molecular flexibility index (Phi) is 8.50. The van der Waals surface area contributed by atoms with Gasteiger partial charge in [0.1, 0.15) is 11.8 Å². The number of amides is 2. The maximum atomic E-state index is 12.8. The number of hydrogen-bond donors (Lipinski definition) is 2. The quantitative estimate of drug-likeness (QED) is 0.481. The van der Waals surface area contributed by atoms with E-state index in [1.54, 1.807) is 39.0 Å². The summed E-state index contributed by atoms with van der Waals surface area (Å²) in [7, 11) is 2.80. The second kappa shape index (κ2) is 10.1. The monoisotopic (exact) mass is 410 g/mol. The van der Waals surface area contributed by atoms with Gasteiger partial charge in [-0.1, -0.05) is 24.2 Å². The fraction of sp³-hybridized carbons (Fsp3) is 0.450. The van der Waals surface area contributed by atoms with E-state index in [0.29, 0.717) is 10.8 Å². The summed E-state index contributed by atoms with van der Waals surface area (Å²) < 4.78 is 9.91. The van der Waals surface area contributed by atoms with E-state index in [4.69, 9.17) is 21.1 Å². The van der Waals surface area contributed by atoms with E-state index < -0.39 is 35.3 Å². The Hall–Kier alpha value is -2.54. The molecule has 1 aromatic carbocycles. The Bertz CT molecular complexity index is 748. The van der Waals surface area contributed by atoms with Gasteiger partial charge in [-0.3, -0.25) is 14.4 Å². The summed E-state index contributed by atoms with van der Waals surface area (Å²) in [4.78, 5) is 36.6. The lowest BCUT2D eigenvalue weighted by atomic mass is 9.85. The molecule has 2 amide bonds. The SMILES string of the molecule is C=CC(=O)N[C@H](Cc1ccc(OC)c(Cl)c1)C(=O)N[C@@H](C)C(C)(C)C(=O)OC. The van der Waals surface area contributed by atoms with Crippen molar-refractivity contribution < 1.29 is 23.9 Å². The molecule has 0 heterocycles. The Morgan fingerprint density at radius 3 is 2.39 bits per heavy atom. The topological polar surface area (TPSA) is 93.7 Å². The molecule has 2 atom stereocenters. The molecule has 0 aromatic heterocycles. The Balaban J connectivity index is 3.01. The van der Waals surface area contributed by atoms with Crippen molar-refractivity contribution in [3.8, 4) is 5.75 Å². The summed E-state index contributed by atoms with van der Waals surface area (Å²) in [6.45, 7) is 8.45. The third-order valence-corrected chi connectivity index (χ3v) is 4.92. The summed E-state index contributed by atoms with van der Waals surface area (Å²) in [6.07, 6.45) is 1.28. The van der Waals surface area contributed by atoms with Crippen molar-refractivity contribution in [2.24, 2.45) is 5.41 Å². The third-order valence-electron chi connectivity index (χ3n) is 4.63. The van der Waals surface area contributed by atoms with Crippen LogP contribution in [0.15, 0.2) is 30.9 Å². The molecular formula is C20H27ClN2O5. The zero-order valence-corrected chi connectivity index (χ0v) is 17.6. The van der Waals surface area contributed by atoms with Crippen LogP contribution in [-0.2, 0) is 25.5 Å². The van der Waals surface area contributed by atoms with Crippen molar-refractivity contribution in [2.75, 3.05) is 14.2 Å². The van der Waals surface area contributed by atoms with Crippen LogP contribution < -0.4 is 15.4 Å². The molecule has 1 rings (SSSR count). The standard InChI is InChI=1S/C20H27ClN2O5/c1-7-17(24)23-15(11-13-8-9-16(27-5)14(21)10-13)18(25)22-12(2)20(3,4)19(26)28-6/h7-10,12,15H,1,11H2,2-6H3,(H,22,25)(H,23,24)/t12-,15+/m0/s1. The maximum Gasteiger partial charge on any atom is 0.313 e. The van der Waals surface area contributed by atoms with Gasteiger partial charge in [-0.15, -0.1) is 0 Å². The average Bonchev–Trinajstić information content (AvgIpc) is 2.66. The van der Waals surface area contributed by atoms with Crippen molar-refractivity contribution >= 4 is 29.4 Å². The van der Waals surface area contributed by atoms with Crippen LogP contribution in [-0.4, -0.2) is 44.1 Å². The predicted molar refractivity (Wildman–Crippen MR) is 107 cm³/mol. The number of halogens is 1. The number of carbonyl (C=O) groups excluding carboxylic acids is 3. The maximum absolute atomic E-state index is 12.8. The average molecular weight is 411 g/mol. The summed E-state index contributed by atoms with van der Waals surface area (Å²) in [6, 6.07) is 3.70. The number of esters is 1. The molecule has 28 heavy (non-hydrogen) atoms. The van der Waals surface area contributed by atoms with Crippen molar-refractivity contribution in [1.29, 1.82) is 0 Å². The first kappa shape index (κ1) is 23.5. The third kappa shape index (κ3) is 5.99. The number of nitrogens with one attached hydrogen (secondary N) is 2. The molecule has 0 spiro atoms. The number of carbonyl (C=O) groups is 3. The van der Waals surface area contributed by atoms with Gasteiger partial charge in [0.05, 0.1) is 24.7 Å². The highest BCUT2D eigenvalue weighted by atomic mass is 35.5. The molecule has 0 aliphatic heterocycles. The fourth-order valence-corrected chi connectivity index (χ4v) is 2.73. The van der Waals surface area contributed by atoms with E-state index in [0.717, 1.165) is 11.6 Å². The molecule has 0 unspecified atom stereocenters. The van der Waals surface area contributed by atoms with E-state index in [1.165, 1.54) is 14.2 Å². The molecule has 2 N–H and O–H groups in total. The second-order valence-electron chi connectivity index (χ2n) is 6.88. The molecule has 0 saturated carbocycles. The van der Waals surface area contributed by atoms with Gasteiger partial charge < -0.3 is 20.1 Å². The summed E-state index contributed by atoms with van der Waals surface area (Å²) in [5.41, 5.74) is -0.212. The minimum absolute atomic E-state index is 0.195. The fourth-order valence-electron chi connectivity index (χ4n) is 2.45. The molecular weight excluding hydrogens is 384 g/mol. The van der Waals surface area contributed by atoms with E-state index in [-0.39, 0.29) is 6.42 Å². The predicted octanol–water partition coefficient (Wildman–Crippen LogP) is 2.27. The number of ether oxygens (including phenoxy) is 2. The highest BCUT2D eigenvalue weighted by molar-refractivity contribution is 6.32. The van der Waals surface area contributed by atoms with Gasteiger partial charge in [-0.05, 0) is 44.5 Å². The van der Waals surface area contributed by atoms with Crippen molar-refractivity contribution in [3.05, 3.63) is 41.4 Å². The zero-order chi connectivity index (χ0) is 21.5. The zero-order valence-electron chi connectivity index (χ0n) is 16.8. The van der Waals surface area contributed by atoms with Crippen LogP contribution in [0.2, 0.25) is 5.02 Å². The van der Waals surface area contributed by atoms with Gasteiger partial charge in [-0.25, -0.2) is 0 Å². The lowest BCUT2D eigenvalue weighted by molar-refractivity contribution is -0.152. The normalized spacial score (nSPS) is 13.1.